The smallest absolute Gasteiger partial charge is 0.341 e. The largest absolute Gasteiger partial charge is 0.495 e. The van der Waals surface area contributed by atoms with Gasteiger partial charge in [-0.15, -0.1) is 0 Å². The normalized spacial score (nSPS) is 10.7. The first-order valence-corrected chi connectivity index (χ1v) is 9.20. The number of carbonyl (C=O) groups is 1. The van der Waals surface area contributed by atoms with Gasteiger partial charge in [0.25, 0.3) is 0 Å². The van der Waals surface area contributed by atoms with Crippen LogP contribution in [-0.4, -0.2) is 33.0 Å². The molecule has 30 heavy (non-hydrogen) atoms. The third-order valence-electron chi connectivity index (χ3n) is 4.48. The van der Waals surface area contributed by atoms with Crippen molar-refractivity contribution in [1.29, 1.82) is 0 Å². The topological polar surface area (TPSA) is 128 Å². The molecule has 0 unspecified atom stereocenters. The number of aromatic nitrogens is 4. The third kappa shape index (κ3) is 3.86. The van der Waals surface area contributed by atoms with Crippen LogP contribution >= 0.6 is 0 Å². The summed E-state index contributed by atoms with van der Waals surface area (Å²) in [7, 11) is 1.57. The van der Waals surface area contributed by atoms with Crippen LogP contribution in [0.2, 0.25) is 0 Å². The van der Waals surface area contributed by atoms with Gasteiger partial charge in [0.2, 0.25) is 11.9 Å². The summed E-state index contributed by atoms with van der Waals surface area (Å²) in [6.45, 7) is 1.68. The molecule has 9 heteroatoms. The summed E-state index contributed by atoms with van der Waals surface area (Å²) < 4.78 is 10.8. The first-order valence-electron chi connectivity index (χ1n) is 9.20. The van der Waals surface area contributed by atoms with E-state index in [1.165, 1.54) is 0 Å². The molecule has 152 valence electrons. The number of para-hydroxylation sites is 3. The Morgan fingerprint density at radius 3 is 2.70 bits per heavy atom. The minimum absolute atomic E-state index is 0.0109. The quantitative estimate of drug-likeness (QED) is 0.417. The zero-order valence-corrected chi connectivity index (χ0v) is 16.5. The van der Waals surface area contributed by atoms with Gasteiger partial charge in [-0.3, -0.25) is 0 Å². The summed E-state index contributed by atoms with van der Waals surface area (Å²) in [4.78, 5) is 28.3. The maximum Gasteiger partial charge on any atom is 0.341 e. The predicted octanol–water partition coefficient (Wildman–Crippen LogP) is 3.35. The molecule has 4 N–H and O–H groups in total. The van der Waals surface area contributed by atoms with Gasteiger partial charge < -0.3 is 25.5 Å². The van der Waals surface area contributed by atoms with Crippen LogP contribution in [0.1, 0.15) is 21.9 Å². The average Bonchev–Trinajstić information content (AvgIpc) is 3.08. The van der Waals surface area contributed by atoms with Gasteiger partial charge in [-0.25, -0.2) is 4.79 Å². The summed E-state index contributed by atoms with van der Waals surface area (Å²) in [6, 6.07) is 14.9. The first kappa shape index (κ1) is 19.2. The number of nitrogens with one attached hydrogen (secondary N) is 2. The number of rotatable bonds is 6. The molecule has 0 saturated heterocycles. The van der Waals surface area contributed by atoms with Gasteiger partial charge in [-0.2, -0.15) is 15.0 Å². The molecule has 0 aliphatic heterocycles. The Kier molecular flexibility index (Phi) is 5.17. The average molecular weight is 404 g/mol. The lowest BCUT2D eigenvalue weighted by Crippen LogP contribution is -2.11. The van der Waals surface area contributed by atoms with Crippen molar-refractivity contribution in [3.05, 3.63) is 65.6 Å². The third-order valence-corrected chi connectivity index (χ3v) is 4.48. The summed E-state index contributed by atoms with van der Waals surface area (Å²) in [5.74, 6) is 0.617. The Morgan fingerprint density at radius 2 is 1.87 bits per heavy atom. The van der Waals surface area contributed by atoms with Crippen LogP contribution in [0.5, 0.6) is 5.75 Å². The Labute approximate surface area is 172 Å². The second-order valence-electron chi connectivity index (χ2n) is 6.51. The van der Waals surface area contributed by atoms with E-state index in [-0.39, 0.29) is 24.3 Å². The molecule has 2 heterocycles. The highest BCUT2D eigenvalue weighted by atomic mass is 16.5. The number of nitrogen functional groups attached to an aromatic ring is 1. The number of carbonyl (C=O) groups excluding carboxylic acids is 1. The van der Waals surface area contributed by atoms with Crippen molar-refractivity contribution in [2.24, 2.45) is 0 Å². The fourth-order valence-electron chi connectivity index (χ4n) is 3.17. The standard InChI is InChI=1S/C21H20N6O3/c1-12-18(13-7-3-4-8-14(13)23-12)19(28)30-11-17-25-20(22)27-21(26-17)24-15-9-5-6-10-16(15)29-2/h3-10,23H,11H2,1-2H3,(H3,22,24,25,26,27). The number of hydrogen-bond acceptors (Lipinski definition) is 8. The lowest BCUT2D eigenvalue weighted by atomic mass is 10.1. The molecule has 9 nitrogen and oxygen atoms in total. The number of benzene rings is 2. The molecule has 0 saturated carbocycles. The Morgan fingerprint density at radius 1 is 1.10 bits per heavy atom. The van der Waals surface area contributed by atoms with Crippen molar-refractivity contribution < 1.29 is 14.3 Å². The highest BCUT2D eigenvalue weighted by Gasteiger charge is 2.18. The number of hydrogen-bond donors (Lipinski definition) is 3. The van der Waals surface area contributed by atoms with Crippen LogP contribution in [0.3, 0.4) is 0 Å². The van der Waals surface area contributed by atoms with Crippen LogP contribution in [0.25, 0.3) is 10.9 Å². The lowest BCUT2D eigenvalue weighted by Gasteiger charge is -2.11. The van der Waals surface area contributed by atoms with Crippen molar-refractivity contribution in [2.75, 3.05) is 18.2 Å². The van der Waals surface area contributed by atoms with E-state index in [4.69, 9.17) is 15.2 Å². The molecule has 0 amide bonds. The molecule has 0 radical (unpaired) electrons. The van der Waals surface area contributed by atoms with Crippen LogP contribution in [0, 0.1) is 6.92 Å². The van der Waals surface area contributed by atoms with Crippen molar-refractivity contribution in [2.45, 2.75) is 13.5 Å². The van der Waals surface area contributed by atoms with E-state index in [0.29, 0.717) is 17.0 Å². The number of aromatic amines is 1. The van der Waals surface area contributed by atoms with Gasteiger partial charge in [0.1, 0.15) is 5.75 Å². The minimum atomic E-state index is -0.469. The van der Waals surface area contributed by atoms with E-state index in [1.54, 1.807) is 13.2 Å². The van der Waals surface area contributed by atoms with E-state index in [2.05, 4.69) is 25.3 Å². The molecular formula is C21H20N6O3. The molecule has 0 atom stereocenters. The van der Waals surface area contributed by atoms with Crippen molar-refractivity contribution >= 4 is 34.5 Å². The Balaban J connectivity index is 1.52. The highest BCUT2D eigenvalue weighted by Crippen LogP contribution is 2.26. The van der Waals surface area contributed by atoms with E-state index in [0.717, 1.165) is 16.6 Å². The highest BCUT2D eigenvalue weighted by molar-refractivity contribution is 6.05. The molecule has 4 rings (SSSR count). The lowest BCUT2D eigenvalue weighted by molar-refractivity contribution is 0.0463. The van der Waals surface area contributed by atoms with Crippen LogP contribution in [-0.2, 0) is 11.3 Å². The summed E-state index contributed by atoms with van der Waals surface area (Å²) in [5.41, 5.74) is 8.56. The number of fused-ring (bicyclic) bond motifs is 1. The summed E-state index contributed by atoms with van der Waals surface area (Å²) in [6.07, 6.45) is 0. The van der Waals surface area contributed by atoms with E-state index in [1.807, 2.05) is 49.4 Å². The van der Waals surface area contributed by atoms with Crippen LogP contribution in [0.4, 0.5) is 17.6 Å². The molecule has 0 aliphatic rings. The van der Waals surface area contributed by atoms with Gasteiger partial charge in [0.15, 0.2) is 12.4 Å². The van der Waals surface area contributed by atoms with Gasteiger partial charge in [-0.05, 0) is 25.1 Å². The van der Waals surface area contributed by atoms with Crippen molar-refractivity contribution in [3.63, 3.8) is 0 Å². The number of anilines is 3. The van der Waals surface area contributed by atoms with Crippen molar-refractivity contribution in [1.82, 2.24) is 19.9 Å². The predicted molar refractivity (Wildman–Crippen MR) is 113 cm³/mol. The maximum absolute atomic E-state index is 12.7. The molecule has 4 aromatic rings. The van der Waals surface area contributed by atoms with E-state index >= 15 is 0 Å². The van der Waals surface area contributed by atoms with Gasteiger partial charge in [0, 0.05) is 16.6 Å². The van der Waals surface area contributed by atoms with Gasteiger partial charge >= 0.3 is 5.97 Å². The minimum Gasteiger partial charge on any atom is -0.495 e. The molecule has 0 fully saturated rings. The van der Waals surface area contributed by atoms with Crippen molar-refractivity contribution in [3.8, 4) is 5.75 Å². The van der Waals surface area contributed by atoms with Crippen LogP contribution in [0.15, 0.2) is 48.5 Å². The maximum atomic E-state index is 12.7. The summed E-state index contributed by atoms with van der Waals surface area (Å²) in [5, 5.41) is 3.84. The zero-order chi connectivity index (χ0) is 21.1. The molecule has 0 bridgehead atoms. The number of nitrogens with zero attached hydrogens (tertiary/aromatic N) is 3. The monoisotopic (exact) mass is 404 g/mol. The fraction of sp³-hybridized carbons (Fsp3) is 0.143. The molecule has 2 aromatic carbocycles. The van der Waals surface area contributed by atoms with E-state index in [9.17, 15) is 4.79 Å². The fourth-order valence-corrected chi connectivity index (χ4v) is 3.17. The number of H-pyrrole nitrogens is 1. The van der Waals surface area contributed by atoms with Gasteiger partial charge in [-0.1, -0.05) is 30.3 Å². The van der Waals surface area contributed by atoms with Gasteiger partial charge in [0.05, 0.1) is 18.4 Å². The van der Waals surface area contributed by atoms with E-state index < -0.39 is 5.97 Å². The second-order valence-corrected chi connectivity index (χ2v) is 6.51. The first-order chi connectivity index (χ1) is 14.5. The number of esters is 1. The number of methoxy groups -OCH3 is 1. The SMILES string of the molecule is COc1ccccc1Nc1nc(N)nc(COC(=O)c2c(C)[nH]c3ccccc23)n1. The Hall–Kier alpha value is -4.14. The molecular weight excluding hydrogens is 384 g/mol. The molecule has 0 aliphatic carbocycles. The Bertz CT molecular complexity index is 1220. The molecule has 0 spiro atoms. The zero-order valence-electron chi connectivity index (χ0n) is 16.5. The summed E-state index contributed by atoms with van der Waals surface area (Å²) >= 11 is 0. The second kappa shape index (κ2) is 8.08. The number of aryl methyl sites for hydroxylation is 1. The number of ether oxygens (including phenoxy) is 2. The number of nitrogens with two attached hydrogens (primary N) is 1. The van der Waals surface area contributed by atoms with Crippen LogP contribution < -0.4 is 15.8 Å². The molecule has 2 aromatic heterocycles.